The highest BCUT2D eigenvalue weighted by Crippen LogP contribution is 2.33. The van der Waals surface area contributed by atoms with E-state index in [1.807, 2.05) is 25.1 Å². The number of ketones is 1. The molecule has 1 saturated heterocycles. The zero-order valence-electron chi connectivity index (χ0n) is 17.4. The fourth-order valence-corrected chi connectivity index (χ4v) is 4.43. The maximum Gasteiger partial charge on any atom is 0.325 e. The molecule has 0 unspecified atom stereocenters. The van der Waals surface area contributed by atoms with E-state index in [4.69, 9.17) is 4.74 Å². The standard InChI is InChI=1S/C24H26N2O4/c1-3-24(19-10-12-20(30-2)13-11-19)22(28)26(23(29)25-24)15-21(27)18-9-8-16-6-4-5-7-17(16)14-18/h8-14H,3-7,15H2,1-2H3,(H,25,29)/t24-/m0/s1. The second kappa shape index (κ2) is 7.94. The van der Waals surface area contributed by atoms with Crippen molar-refractivity contribution in [2.75, 3.05) is 13.7 Å². The van der Waals surface area contributed by atoms with Gasteiger partial charge in [-0.1, -0.05) is 31.2 Å². The number of imide groups is 1. The molecule has 156 valence electrons. The minimum atomic E-state index is -1.17. The lowest BCUT2D eigenvalue weighted by Gasteiger charge is -2.26. The summed E-state index contributed by atoms with van der Waals surface area (Å²) in [6, 6.07) is 12.3. The Balaban J connectivity index is 1.56. The summed E-state index contributed by atoms with van der Waals surface area (Å²) in [6.45, 7) is 1.58. The van der Waals surface area contributed by atoms with E-state index in [1.165, 1.54) is 17.5 Å². The molecule has 0 radical (unpaired) electrons. The van der Waals surface area contributed by atoms with Crippen LogP contribution < -0.4 is 10.1 Å². The molecule has 6 nitrogen and oxygen atoms in total. The fraction of sp³-hybridized carbons (Fsp3) is 0.375. The third kappa shape index (κ3) is 3.36. The van der Waals surface area contributed by atoms with E-state index in [-0.39, 0.29) is 12.3 Å². The highest BCUT2D eigenvalue weighted by molar-refractivity contribution is 6.11. The molecule has 0 aromatic heterocycles. The first-order valence-corrected chi connectivity index (χ1v) is 10.4. The van der Waals surface area contributed by atoms with Crippen molar-refractivity contribution in [3.63, 3.8) is 0 Å². The van der Waals surface area contributed by atoms with E-state index in [1.54, 1.807) is 31.4 Å². The van der Waals surface area contributed by atoms with Gasteiger partial charge in [0.05, 0.1) is 13.7 Å². The van der Waals surface area contributed by atoms with Gasteiger partial charge in [0.15, 0.2) is 5.78 Å². The number of methoxy groups -OCH3 is 1. The third-order valence-electron chi connectivity index (χ3n) is 6.26. The van der Waals surface area contributed by atoms with E-state index in [9.17, 15) is 14.4 Å². The summed E-state index contributed by atoms with van der Waals surface area (Å²) < 4.78 is 5.18. The van der Waals surface area contributed by atoms with Gasteiger partial charge >= 0.3 is 6.03 Å². The average molecular weight is 406 g/mol. The number of nitrogens with zero attached hydrogens (tertiary/aromatic N) is 1. The number of nitrogens with one attached hydrogen (secondary N) is 1. The minimum absolute atomic E-state index is 0.228. The Morgan fingerprint density at radius 3 is 2.43 bits per heavy atom. The Bertz CT molecular complexity index is 999. The predicted octanol–water partition coefficient (Wildman–Crippen LogP) is 3.61. The number of ether oxygens (including phenoxy) is 1. The summed E-state index contributed by atoms with van der Waals surface area (Å²) in [5, 5.41) is 2.82. The normalized spacial score (nSPS) is 20.7. The highest BCUT2D eigenvalue weighted by atomic mass is 16.5. The van der Waals surface area contributed by atoms with Gasteiger partial charge in [0, 0.05) is 5.56 Å². The van der Waals surface area contributed by atoms with Gasteiger partial charge in [0.1, 0.15) is 11.3 Å². The van der Waals surface area contributed by atoms with Crippen LogP contribution in [0.3, 0.4) is 0 Å². The van der Waals surface area contributed by atoms with Gasteiger partial charge in [-0.2, -0.15) is 0 Å². The Labute approximate surface area is 176 Å². The van der Waals surface area contributed by atoms with Gasteiger partial charge in [-0.25, -0.2) is 4.79 Å². The van der Waals surface area contributed by atoms with Crippen LogP contribution in [-0.2, 0) is 23.2 Å². The summed E-state index contributed by atoms with van der Waals surface area (Å²) in [5.41, 5.74) is 2.55. The number of carbonyl (C=O) groups excluding carboxylic acids is 3. The van der Waals surface area contributed by atoms with Crippen molar-refractivity contribution in [3.8, 4) is 5.75 Å². The second-order valence-corrected chi connectivity index (χ2v) is 7.92. The molecule has 2 aromatic rings. The van der Waals surface area contributed by atoms with Gasteiger partial charge in [0.2, 0.25) is 0 Å². The molecule has 0 bridgehead atoms. The van der Waals surface area contributed by atoms with Crippen molar-refractivity contribution in [1.29, 1.82) is 0 Å². The maximum absolute atomic E-state index is 13.3. The van der Waals surface area contributed by atoms with Crippen molar-refractivity contribution in [3.05, 3.63) is 64.7 Å². The topological polar surface area (TPSA) is 75.7 Å². The zero-order valence-corrected chi connectivity index (χ0v) is 17.4. The lowest BCUT2D eigenvalue weighted by atomic mass is 9.87. The fourth-order valence-electron chi connectivity index (χ4n) is 4.43. The largest absolute Gasteiger partial charge is 0.497 e. The van der Waals surface area contributed by atoms with E-state index in [0.717, 1.165) is 24.2 Å². The lowest BCUT2D eigenvalue weighted by molar-refractivity contribution is -0.131. The van der Waals surface area contributed by atoms with Crippen molar-refractivity contribution >= 4 is 17.7 Å². The second-order valence-electron chi connectivity index (χ2n) is 7.92. The summed E-state index contributed by atoms with van der Waals surface area (Å²) in [4.78, 5) is 39.9. The van der Waals surface area contributed by atoms with Crippen LogP contribution in [0.15, 0.2) is 42.5 Å². The minimum Gasteiger partial charge on any atom is -0.497 e. The van der Waals surface area contributed by atoms with Gasteiger partial charge in [0.25, 0.3) is 5.91 Å². The molecule has 0 spiro atoms. The number of Topliss-reactive ketones (excluding diaryl/α,β-unsaturated/α-hetero) is 1. The molecule has 6 heteroatoms. The molecule has 1 fully saturated rings. The van der Waals surface area contributed by atoms with Crippen molar-refractivity contribution in [2.24, 2.45) is 0 Å². The Kier molecular flexibility index (Phi) is 5.33. The molecule has 1 aliphatic heterocycles. The number of hydrogen-bond donors (Lipinski definition) is 1. The van der Waals surface area contributed by atoms with Crippen LogP contribution in [-0.4, -0.2) is 36.3 Å². The van der Waals surface area contributed by atoms with Gasteiger partial charge < -0.3 is 10.1 Å². The SMILES string of the molecule is CC[C@@]1(c2ccc(OC)cc2)NC(=O)N(CC(=O)c2ccc3c(c2)CCCC3)C1=O. The average Bonchev–Trinajstić information content (AvgIpc) is 3.03. The first-order valence-electron chi connectivity index (χ1n) is 10.4. The van der Waals surface area contributed by atoms with Gasteiger partial charge in [-0.15, -0.1) is 0 Å². The molecule has 3 amide bonds. The predicted molar refractivity (Wildman–Crippen MR) is 113 cm³/mol. The summed E-state index contributed by atoms with van der Waals surface area (Å²) in [5.74, 6) is 0.0428. The van der Waals surface area contributed by atoms with Crippen molar-refractivity contribution in [2.45, 2.75) is 44.6 Å². The van der Waals surface area contributed by atoms with Crippen LogP contribution in [0.1, 0.15) is 53.2 Å². The maximum atomic E-state index is 13.3. The summed E-state index contributed by atoms with van der Waals surface area (Å²) >= 11 is 0. The monoisotopic (exact) mass is 406 g/mol. The molecular formula is C24H26N2O4. The quantitative estimate of drug-likeness (QED) is 0.587. The van der Waals surface area contributed by atoms with Crippen LogP contribution in [0, 0.1) is 0 Å². The van der Waals surface area contributed by atoms with Crippen molar-refractivity contribution < 1.29 is 19.1 Å². The number of urea groups is 1. The van der Waals surface area contributed by atoms with Crippen LogP contribution >= 0.6 is 0 Å². The summed E-state index contributed by atoms with van der Waals surface area (Å²) in [6.07, 6.45) is 4.69. The van der Waals surface area contributed by atoms with Crippen LogP contribution in [0.25, 0.3) is 0 Å². The van der Waals surface area contributed by atoms with Crippen molar-refractivity contribution in [1.82, 2.24) is 10.2 Å². The first-order chi connectivity index (χ1) is 14.5. The van der Waals surface area contributed by atoms with Gasteiger partial charge in [-0.05, 0) is 67.0 Å². The highest BCUT2D eigenvalue weighted by Gasteiger charge is 2.51. The molecule has 1 aliphatic carbocycles. The molecular weight excluding hydrogens is 380 g/mol. The molecule has 2 aromatic carbocycles. The molecule has 0 saturated carbocycles. The number of hydrogen-bond acceptors (Lipinski definition) is 4. The molecule has 1 heterocycles. The lowest BCUT2D eigenvalue weighted by Crippen LogP contribution is -2.43. The smallest absolute Gasteiger partial charge is 0.325 e. The van der Waals surface area contributed by atoms with E-state index in [2.05, 4.69) is 5.32 Å². The number of rotatable bonds is 6. The molecule has 1 atom stereocenters. The Morgan fingerprint density at radius 1 is 1.07 bits per heavy atom. The molecule has 1 N–H and O–H groups in total. The number of fused-ring (bicyclic) bond motifs is 1. The number of carbonyl (C=O) groups is 3. The first kappa shape index (κ1) is 20.1. The Morgan fingerprint density at radius 2 is 1.77 bits per heavy atom. The third-order valence-corrected chi connectivity index (χ3v) is 6.26. The van der Waals surface area contributed by atoms with Crippen LogP contribution in [0.2, 0.25) is 0 Å². The molecule has 2 aliphatic rings. The number of aryl methyl sites for hydroxylation is 2. The number of benzene rings is 2. The van der Waals surface area contributed by atoms with Crippen LogP contribution in [0.5, 0.6) is 5.75 Å². The zero-order chi connectivity index (χ0) is 21.3. The Hall–Kier alpha value is -3.15. The summed E-state index contributed by atoms with van der Waals surface area (Å²) in [7, 11) is 1.57. The van der Waals surface area contributed by atoms with Crippen LogP contribution in [0.4, 0.5) is 4.79 Å². The van der Waals surface area contributed by atoms with Gasteiger partial charge in [-0.3, -0.25) is 14.5 Å². The van der Waals surface area contributed by atoms with E-state index < -0.39 is 17.5 Å². The van der Waals surface area contributed by atoms with E-state index >= 15 is 0 Å². The number of amides is 3. The molecule has 30 heavy (non-hydrogen) atoms. The van der Waals surface area contributed by atoms with E-state index in [0.29, 0.717) is 23.3 Å². The molecule has 4 rings (SSSR count).